The van der Waals surface area contributed by atoms with E-state index < -0.39 is 0 Å². The highest BCUT2D eigenvalue weighted by atomic mass is 32.2. The van der Waals surface area contributed by atoms with Crippen LogP contribution in [0.25, 0.3) is 10.2 Å². The quantitative estimate of drug-likeness (QED) is 0.451. The maximum Gasteiger partial charge on any atom is 0.306 e. The van der Waals surface area contributed by atoms with Crippen molar-refractivity contribution in [1.82, 2.24) is 9.97 Å². The molecule has 0 radical (unpaired) electrons. The Labute approximate surface area is 138 Å². The molecule has 1 aliphatic carbocycles. The van der Waals surface area contributed by atoms with Gasteiger partial charge in [-0.1, -0.05) is 0 Å². The van der Waals surface area contributed by atoms with E-state index in [1.54, 1.807) is 29.4 Å². The van der Waals surface area contributed by atoms with E-state index in [-0.39, 0.29) is 12.1 Å². The summed E-state index contributed by atoms with van der Waals surface area (Å²) in [5.74, 6) is 1.18. The molecule has 2 heterocycles. The lowest BCUT2D eigenvalue weighted by atomic mass is 10.2. The molecule has 1 saturated carbocycles. The Morgan fingerprint density at radius 2 is 2.23 bits per heavy atom. The fourth-order valence-corrected chi connectivity index (χ4v) is 4.46. The minimum absolute atomic E-state index is 0.0741. The Morgan fingerprint density at radius 1 is 1.45 bits per heavy atom. The number of carbonyl (C=O) groups is 1. The fraction of sp³-hybridized carbons (Fsp3) is 0.562. The van der Waals surface area contributed by atoms with Crippen LogP contribution in [0.2, 0.25) is 0 Å². The molecular formula is C16H20N2O2S2. The first-order chi connectivity index (χ1) is 10.6. The van der Waals surface area contributed by atoms with Gasteiger partial charge in [-0.05, 0) is 45.1 Å². The average molecular weight is 336 g/mol. The molecule has 2 aromatic rings. The molecule has 0 N–H and O–H groups in total. The number of hydrogen-bond acceptors (Lipinski definition) is 6. The third-order valence-corrected chi connectivity index (χ3v) is 6.19. The lowest BCUT2D eigenvalue weighted by molar-refractivity contribution is -0.148. The maximum atomic E-state index is 11.8. The monoisotopic (exact) mass is 336 g/mol. The Bertz CT molecular complexity index is 695. The number of hydrogen-bond donors (Lipinski definition) is 0. The van der Waals surface area contributed by atoms with Crippen LogP contribution in [0.1, 0.15) is 36.6 Å². The van der Waals surface area contributed by atoms with E-state index >= 15 is 0 Å². The number of aromatic nitrogens is 2. The molecule has 1 atom stereocenters. The lowest BCUT2D eigenvalue weighted by Crippen LogP contribution is -2.16. The van der Waals surface area contributed by atoms with Gasteiger partial charge in [-0.2, -0.15) is 0 Å². The van der Waals surface area contributed by atoms with E-state index in [1.807, 2.05) is 6.92 Å². The van der Waals surface area contributed by atoms with Crippen molar-refractivity contribution >= 4 is 39.3 Å². The number of thioether (sulfide) groups is 1. The van der Waals surface area contributed by atoms with Crippen LogP contribution in [0.15, 0.2) is 11.4 Å². The summed E-state index contributed by atoms with van der Waals surface area (Å²) in [6, 6.07) is 0. The zero-order valence-corrected chi connectivity index (χ0v) is 14.7. The predicted molar refractivity (Wildman–Crippen MR) is 90.5 cm³/mol. The summed E-state index contributed by atoms with van der Waals surface area (Å²) in [7, 11) is 0. The van der Waals surface area contributed by atoms with Gasteiger partial charge >= 0.3 is 5.97 Å². The van der Waals surface area contributed by atoms with Crippen molar-refractivity contribution in [2.45, 2.75) is 51.2 Å². The van der Waals surface area contributed by atoms with Crippen LogP contribution >= 0.6 is 23.1 Å². The Hall–Kier alpha value is -1.14. The van der Waals surface area contributed by atoms with Gasteiger partial charge < -0.3 is 4.74 Å². The molecule has 0 aliphatic heterocycles. The Balaban J connectivity index is 1.58. The molecule has 1 aliphatic rings. The molecule has 1 unspecified atom stereocenters. The van der Waals surface area contributed by atoms with Crippen LogP contribution in [-0.2, 0) is 9.53 Å². The van der Waals surface area contributed by atoms with Crippen LogP contribution < -0.4 is 0 Å². The zero-order chi connectivity index (χ0) is 15.7. The number of esters is 1. The normalized spacial score (nSPS) is 16.0. The number of ether oxygens (including phenoxy) is 1. The standard InChI is InChI=1S/C16H20N2O2S2/c1-9-11(3)22-16-14(9)15(17-8-18-16)21-7-6-13(19)20-10(2)12-4-5-12/h8,10,12H,4-7H2,1-3H3. The number of thiophene rings is 1. The third-order valence-electron chi connectivity index (χ3n) is 4.08. The number of aryl methyl sites for hydroxylation is 2. The largest absolute Gasteiger partial charge is 0.462 e. The van der Waals surface area contributed by atoms with Crippen molar-refractivity contribution < 1.29 is 9.53 Å². The van der Waals surface area contributed by atoms with Gasteiger partial charge in [-0.25, -0.2) is 9.97 Å². The number of fused-ring (bicyclic) bond motifs is 1. The van der Waals surface area contributed by atoms with Crippen LogP contribution in [0.4, 0.5) is 0 Å². The van der Waals surface area contributed by atoms with Crippen molar-refractivity contribution in [3.8, 4) is 0 Å². The number of nitrogens with zero attached hydrogens (tertiary/aromatic N) is 2. The molecule has 118 valence electrons. The topological polar surface area (TPSA) is 52.1 Å². The van der Waals surface area contributed by atoms with Gasteiger partial charge in [0.25, 0.3) is 0 Å². The second-order valence-electron chi connectivity index (χ2n) is 5.77. The molecule has 22 heavy (non-hydrogen) atoms. The summed E-state index contributed by atoms with van der Waals surface area (Å²) in [5.41, 5.74) is 1.24. The first-order valence-corrected chi connectivity index (χ1v) is 9.39. The SMILES string of the molecule is Cc1sc2ncnc(SCCC(=O)OC(C)C3CC3)c2c1C. The molecule has 0 spiro atoms. The van der Waals surface area contributed by atoms with Gasteiger partial charge in [0.15, 0.2) is 0 Å². The summed E-state index contributed by atoms with van der Waals surface area (Å²) in [6.45, 7) is 6.20. The average Bonchev–Trinajstić information content (AvgIpc) is 3.27. The fourth-order valence-electron chi connectivity index (χ4n) is 2.42. The molecule has 2 aromatic heterocycles. The minimum atomic E-state index is -0.101. The second kappa shape index (κ2) is 6.54. The van der Waals surface area contributed by atoms with Crippen molar-refractivity contribution in [3.05, 3.63) is 16.8 Å². The highest BCUT2D eigenvalue weighted by Gasteiger charge is 2.30. The van der Waals surface area contributed by atoms with E-state index in [0.717, 1.165) is 15.2 Å². The van der Waals surface area contributed by atoms with E-state index in [2.05, 4.69) is 23.8 Å². The van der Waals surface area contributed by atoms with Crippen molar-refractivity contribution in [3.63, 3.8) is 0 Å². The molecule has 0 bridgehead atoms. The summed E-state index contributed by atoms with van der Waals surface area (Å²) in [4.78, 5) is 22.9. The minimum Gasteiger partial charge on any atom is -0.462 e. The summed E-state index contributed by atoms with van der Waals surface area (Å²) in [5, 5.41) is 2.10. The molecule has 0 saturated heterocycles. The third kappa shape index (κ3) is 3.43. The first-order valence-electron chi connectivity index (χ1n) is 7.59. The smallest absolute Gasteiger partial charge is 0.306 e. The highest BCUT2D eigenvalue weighted by Crippen LogP contribution is 2.35. The van der Waals surface area contributed by atoms with E-state index in [4.69, 9.17) is 4.74 Å². The van der Waals surface area contributed by atoms with Crippen LogP contribution in [0.5, 0.6) is 0 Å². The van der Waals surface area contributed by atoms with Crippen molar-refractivity contribution in [2.24, 2.45) is 5.92 Å². The molecule has 1 fully saturated rings. The van der Waals surface area contributed by atoms with Gasteiger partial charge in [-0.15, -0.1) is 23.1 Å². The Morgan fingerprint density at radius 3 is 2.95 bits per heavy atom. The van der Waals surface area contributed by atoms with Crippen LogP contribution in [0.3, 0.4) is 0 Å². The van der Waals surface area contributed by atoms with Crippen LogP contribution in [0, 0.1) is 19.8 Å². The van der Waals surface area contributed by atoms with Crippen molar-refractivity contribution in [2.75, 3.05) is 5.75 Å². The van der Waals surface area contributed by atoms with E-state index in [9.17, 15) is 4.79 Å². The zero-order valence-electron chi connectivity index (χ0n) is 13.1. The van der Waals surface area contributed by atoms with Crippen LogP contribution in [-0.4, -0.2) is 27.8 Å². The molecule has 6 heteroatoms. The van der Waals surface area contributed by atoms with Gasteiger partial charge in [0.1, 0.15) is 22.3 Å². The highest BCUT2D eigenvalue weighted by molar-refractivity contribution is 7.99. The predicted octanol–water partition coefficient (Wildman–Crippen LogP) is 4.13. The lowest BCUT2D eigenvalue weighted by Gasteiger charge is -2.11. The van der Waals surface area contributed by atoms with Gasteiger partial charge in [0, 0.05) is 16.0 Å². The maximum absolute atomic E-state index is 11.8. The number of carbonyl (C=O) groups excluding carboxylic acids is 1. The molecule has 3 rings (SSSR count). The summed E-state index contributed by atoms with van der Waals surface area (Å²) < 4.78 is 5.44. The number of rotatable bonds is 6. The van der Waals surface area contributed by atoms with Gasteiger partial charge in [-0.3, -0.25) is 4.79 Å². The van der Waals surface area contributed by atoms with E-state index in [1.165, 1.54) is 23.3 Å². The summed E-state index contributed by atoms with van der Waals surface area (Å²) >= 11 is 3.31. The van der Waals surface area contributed by atoms with Gasteiger partial charge in [0.05, 0.1) is 6.42 Å². The second-order valence-corrected chi connectivity index (χ2v) is 8.06. The molecular weight excluding hydrogens is 316 g/mol. The van der Waals surface area contributed by atoms with Crippen molar-refractivity contribution in [1.29, 1.82) is 0 Å². The van der Waals surface area contributed by atoms with E-state index in [0.29, 0.717) is 18.1 Å². The summed E-state index contributed by atoms with van der Waals surface area (Å²) in [6.07, 6.45) is 4.49. The first kappa shape index (κ1) is 15.7. The molecule has 0 amide bonds. The van der Waals surface area contributed by atoms with Gasteiger partial charge in [0.2, 0.25) is 0 Å². The molecule has 4 nitrogen and oxygen atoms in total. The Kier molecular flexibility index (Phi) is 4.68. The molecule has 0 aromatic carbocycles.